The quantitative estimate of drug-likeness (QED) is 0.140. The number of carbonyl (C=O) groups is 1. The second kappa shape index (κ2) is 10.2. The highest BCUT2D eigenvalue weighted by molar-refractivity contribution is 5.83. The highest BCUT2D eigenvalue weighted by atomic mass is 16.6. The van der Waals surface area contributed by atoms with Gasteiger partial charge >= 0.3 is 5.97 Å². The van der Waals surface area contributed by atoms with Crippen LogP contribution in [0.15, 0.2) is 59.6 Å². The van der Waals surface area contributed by atoms with E-state index in [9.17, 15) is 4.79 Å². The van der Waals surface area contributed by atoms with Crippen LogP contribution >= 0.6 is 0 Å². The van der Waals surface area contributed by atoms with Crippen LogP contribution < -0.4 is 0 Å². The average Bonchev–Trinajstić information content (AvgIpc) is 3.31. The molecule has 1 aliphatic rings. The first-order chi connectivity index (χ1) is 12.7. The van der Waals surface area contributed by atoms with Crippen LogP contribution in [0.2, 0.25) is 0 Å². The molecule has 1 fully saturated rings. The second-order valence-electron chi connectivity index (χ2n) is 6.96. The first-order valence-corrected chi connectivity index (χ1v) is 8.95. The van der Waals surface area contributed by atoms with E-state index in [1.165, 1.54) is 33.0 Å². The van der Waals surface area contributed by atoms with Crippen molar-refractivity contribution in [3.05, 3.63) is 59.6 Å². The second-order valence-corrected chi connectivity index (χ2v) is 6.96. The predicted octanol–water partition coefficient (Wildman–Crippen LogP) is 4.48. The number of allylic oxidation sites excluding steroid dienone is 5. The topological polar surface area (TPSA) is 57.3 Å². The van der Waals surface area contributed by atoms with Crippen molar-refractivity contribution in [3.8, 4) is 0 Å². The SMILES string of the molecule is C=C[C@@H]1O[C@]1(C)CC(C)/C(C)=C/C=C(C)\C=C(OC)\C(=C/C(=O)OC)OC. The third-order valence-electron chi connectivity index (χ3n) is 4.74. The van der Waals surface area contributed by atoms with Gasteiger partial charge in [0.15, 0.2) is 11.5 Å². The molecule has 150 valence electrons. The molecular weight excluding hydrogens is 344 g/mol. The van der Waals surface area contributed by atoms with Crippen LogP contribution in [0.5, 0.6) is 0 Å². The van der Waals surface area contributed by atoms with E-state index >= 15 is 0 Å². The largest absolute Gasteiger partial charge is 0.493 e. The molecule has 1 heterocycles. The molecule has 27 heavy (non-hydrogen) atoms. The van der Waals surface area contributed by atoms with Crippen molar-refractivity contribution in [1.82, 2.24) is 0 Å². The highest BCUT2D eigenvalue weighted by Gasteiger charge is 2.50. The Morgan fingerprint density at radius 2 is 1.70 bits per heavy atom. The average molecular weight is 376 g/mol. The van der Waals surface area contributed by atoms with Gasteiger partial charge in [0.1, 0.15) is 6.10 Å². The zero-order valence-electron chi connectivity index (χ0n) is 17.5. The van der Waals surface area contributed by atoms with Gasteiger partial charge in [-0.3, -0.25) is 0 Å². The van der Waals surface area contributed by atoms with Crippen molar-refractivity contribution in [3.63, 3.8) is 0 Å². The smallest absolute Gasteiger partial charge is 0.334 e. The zero-order chi connectivity index (χ0) is 20.6. The zero-order valence-corrected chi connectivity index (χ0v) is 17.5. The number of ether oxygens (including phenoxy) is 4. The molecule has 5 nitrogen and oxygen atoms in total. The Morgan fingerprint density at radius 1 is 1.11 bits per heavy atom. The number of esters is 1. The fourth-order valence-corrected chi connectivity index (χ4v) is 2.80. The van der Waals surface area contributed by atoms with E-state index in [0.29, 0.717) is 17.4 Å². The number of epoxide rings is 1. The van der Waals surface area contributed by atoms with E-state index in [2.05, 4.69) is 38.2 Å². The van der Waals surface area contributed by atoms with Crippen LogP contribution in [0.1, 0.15) is 34.1 Å². The summed E-state index contributed by atoms with van der Waals surface area (Å²) >= 11 is 0. The third-order valence-corrected chi connectivity index (χ3v) is 4.74. The summed E-state index contributed by atoms with van der Waals surface area (Å²) in [6.45, 7) is 12.2. The standard InChI is InChI=1S/C22H32O5/c1-9-20-22(5,27-20)14-17(4)16(3)11-10-15(2)12-18(24-6)19(25-7)13-21(23)26-8/h9-13,17,20H,1,14H2,2-8H3/b15-10-,16-11+,18-12-,19-13+/t17?,20-,22+/m0/s1. The molecule has 0 aliphatic carbocycles. The van der Waals surface area contributed by atoms with Crippen molar-refractivity contribution >= 4 is 5.97 Å². The van der Waals surface area contributed by atoms with E-state index in [1.807, 2.05) is 25.2 Å². The minimum atomic E-state index is -0.505. The van der Waals surface area contributed by atoms with Gasteiger partial charge in [0, 0.05) is 0 Å². The first kappa shape index (κ1) is 22.8. The minimum absolute atomic E-state index is 0.0931. The maximum Gasteiger partial charge on any atom is 0.334 e. The lowest BCUT2D eigenvalue weighted by atomic mass is 9.89. The molecule has 0 aromatic rings. The molecule has 1 rings (SSSR count). The van der Waals surface area contributed by atoms with Gasteiger partial charge in [-0.05, 0) is 44.8 Å². The van der Waals surface area contributed by atoms with E-state index in [0.717, 1.165) is 12.0 Å². The fourth-order valence-electron chi connectivity index (χ4n) is 2.80. The van der Waals surface area contributed by atoms with Crippen LogP contribution in [-0.2, 0) is 23.7 Å². The molecule has 0 spiro atoms. The van der Waals surface area contributed by atoms with Crippen LogP contribution in [0.3, 0.4) is 0 Å². The first-order valence-electron chi connectivity index (χ1n) is 8.95. The lowest BCUT2D eigenvalue weighted by Crippen LogP contribution is -2.14. The number of carbonyl (C=O) groups excluding carboxylic acids is 1. The van der Waals surface area contributed by atoms with Crippen molar-refractivity contribution in [2.45, 2.75) is 45.8 Å². The summed E-state index contributed by atoms with van der Waals surface area (Å²) in [5.74, 6) is 0.641. The normalized spacial score (nSPS) is 24.9. The van der Waals surface area contributed by atoms with Crippen LogP contribution in [0, 0.1) is 5.92 Å². The third kappa shape index (κ3) is 6.75. The predicted molar refractivity (Wildman–Crippen MR) is 107 cm³/mol. The van der Waals surface area contributed by atoms with Gasteiger partial charge < -0.3 is 18.9 Å². The van der Waals surface area contributed by atoms with Crippen molar-refractivity contribution in [2.24, 2.45) is 5.92 Å². The molecule has 0 aromatic carbocycles. The van der Waals surface area contributed by atoms with E-state index in [1.54, 1.807) is 0 Å². The summed E-state index contributed by atoms with van der Waals surface area (Å²) in [4.78, 5) is 11.4. The summed E-state index contributed by atoms with van der Waals surface area (Å²) in [5, 5.41) is 0. The van der Waals surface area contributed by atoms with E-state index < -0.39 is 5.97 Å². The molecule has 1 unspecified atom stereocenters. The number of methoxy groups -OCH3 is 3. The van der Waals surface area contributed by atoms with Crippen LogP contribution in [-0.4, -0.2) is 39.0 Å². The van der Waals surface area contributed by atoms with Crippen LogP contribution in [0.25, 0.3) is 0 Å². The minimum Gasteiger partial charge on any atom is -0.493 e. The maximum absolute atomic E-state index is 11.4. The molecule has 3 atom stereocenters. The molecule has 5 heteroatoms. The summed E-state index contributed by atoms with van der Waals surface area (Å²) in [6, 6.07) is 0. The molecular formula is C22H32O5. The van der Waals surface area contributed by atoms with Gasteiger partial charge in [0.2, 0.25) is 0 Å². The Kier molecular flexibility index (Phi) is 8.57. The lowest BCUT2D eigenvalue weighted by molar-refractivity contribution is -0.135. The monoisotopic (exact) mass is 376 g/mol. The summed E-state index contributed by atoms with van der Waals surface area (Å²) < 4.78 is 20.9. The Hall–Kier alpha value is -2.27. The lowest BCUT2D eigenvalue weighted by Gasteiger charge is -2.15. The Balaban J connectivity index is 2.87. The summed E-state index contributed by atoms with van der Waals surface area (Å²) in [7, 11) is 4.31. The van der Waals surface area contributed by atoms with Crippen molar-refractivity contribution in [2.75, 3.05) is 21.3 Å². The molecule has 0 saturated carbocycles. The Bertz CT molecular complexity index is 668. The van der Waals surface area contributed by atoms with Gasteiger partial charge in [-0.1, -0.05) is 30.7 Å². The van der Waals surface area contributed by atoms with Gasteiger partial charge in [0.25, 0.3) is 0 Å². The summed E-state index contributed by atoms with van der Waals surface area (Å²) in [5.41, 5.74) is 2.13. The Morgan fingerprint density at radius 3 is 2.19 bits per heavy atom. The van der Waals surface area contributed by atoms with Gasteiger partial charge in [-0.15, -0.1) is 6.58 Å². The van der Waals surface area contributed by atoms with Gasteiger partial charge in [0.05, 0.1) is 33.0 Å². The number of rotatable bonds is 10. The van der Waals surface area contributed by atoms with Gasteiger partial charge in [-0.25, -0.2) is 4.79 Å². The summed E-state index contributed by atoms with van der Waals surface area (Å²) in [6.07, 6.45) is 10.1. The molecule has 0 aromatic heterocycles. The molecule has 0 radical (unpaired) electrons. The van der Waals surface area contributed by atoms with E-state index in [-0.39, 0.29) is 11.7 Å². The molecule has 1 saturated heterocycles. The Labute approximate surface area is 163 Å². The van der Waals surface area contributed by atoms with E-state index in [4.69, 9.17) is 14.2 Å². The van der Waals surface area contributed by atoms with Crippen molar-refractivity contribution in [1.29, 1.82) is 0 Å². The maximum atomic E-state index is 11.4. The number of hydrogen-bond donors (Lipinski definition) is 0. The molecule has 0 bridgehead atoms. The number of hydrogen-bond acceptors (Lipinski definition) is 5. The van der Waals surface area contributed by atoms with Gasteiger partial charge in [-0.2, -0.15) is 0 Å². The molecule has 0 amide bonds. The molecule has 0 N–H and O–H groups in total. The van der Waals surface area contributed by atoms with Crippen molar-refractivity contribution < 1.29 is 23.7 Å². The fraction of sp³-hybridized carbons (Fsp3) is 0.500. The highest BCUT2D eigenvalue weighted by Crippen LogP contribution is 2.43. The van der Waals surface area contributed by atoms with Crippen LogP contribution in [0.4, 0.5) is 0 Å². The molecule has 1 aliphatic heterocycles.